The number of carbonyl (C=O) groups excluding carboxylic acids is 4. The van der Waals surface area contributed by atoms with Crippen molar-refractivity contribution < 1.29 is 28.7 Å². The van der Waals surface area contributed by atoms with Crippen LogP contribution in [0.3, 0.4) is 0 Å². The van der Waals surface area contributed by atoms with Crippen LogP contribution in [0, 0.1) is 0 Å². The molecule has 380 valence electrons. The molecule has 0 heterocycles. The second-order valence-corrected chi connectivity index (χ2v) is 19.5. The second kappa shape index (κ2) is 48.1. The third-order valence-corrected chi connectivity index (χ3v) is 12.4. The maximum absolute atomic E-state index is 13.4. The van der Waals surface area contributed by atoms with Crippen molar-refractivity contribution in [2.75, 3.05) is 32.8 Å². The number of hydrogen-bond acceptors (Lipinski definition) is 6. The minimum absolute atomic E-state index is 0.0822. The fourth-order valence-electron chi connectivity index (χ4n) is 8.18. The number of ether oxygens (including phenoxy) is 2. The molecular weight excluding hydrogens is 809 g/mol. The van der Waals surface area contributed by atoms with E-state index in [1.807, 2.05) is 18.7 Å². The van der Waals surface area contributed by atoms with E-state index in [1.165, 1.54) is 148 Å². The average Bonchev–Trinajstić information content (AvgIpc) is 3.28. The Balaban J connectivity index is 4.39. The molecule has 0 atom stereocenters. The van der Waals surface area contributed by atoms with E-state index in [2.05, 4.69) is 43.5 Å². The molecule has 0 aromatic rings. The average molecular weight is 915 g/mol. The zero-order valence-electron chi connectivity index (χ0n) is 43.6. The van der Waals surface area contributed by atoms with Crippen molar-refractivity contribution in [3.8, 4) is 0 Å². The lowest BCUT2D eigenvalue weighted by atomic mass is 10.0. The van der Waals surface area contributed by atoms with Gasteiger partial charge in [-0.1, -0.05) is 154 Å². The van der Waals surface area contributed by atoms with Crippen LogP contribution in [0.15, 0.2) is 24.3 Å². The molecule has 0 saturated heterocycles. The molecule has 0 saturated carbocycles. The normalized spacial score (nSPS) is 11.9. The number of unbranched alkanes of at least 4 members (excludes halogenated alkanes) is 25. The van der Waals surface area contributed by atoms with Crippen LogP contribution in [0.4, 0.5) is 0 Å². The zero-order chi connectivity index (χ0) is 47.7. The number of hydrogen-bond donors (Lipinski definition) is 1. The van der Waals surface area contributed by atoms with Crippen LogP contribution < -0.4 is 5.32 Å². The molecule has 0 aromatic heterocycles. The lowest BCUT2D eigenvalue weighted by Crippen LogP contribution is -2.35. The summed E-state index contributed by atoms with van der Waals surface area (Å²) in [6, 6.07) is 0. The van der Waals surface area contributed by atoms with Gasteiger partial charge in [0.1, 0.15) is 11.6 Å². The molecule has 2 amide bonds. The van der Waals surface area contributed by atoms with Gasteiger partial charge in [-0.05, 0) is 117 Å². The van der Waals surface area contributed by atoms with Gasteiger partial charge in [0.2, 0.25) is 11.8 Å². The van der Waals surface area contributed by atoms with E-state index in [1.54, 1.807) is 6.92 Å². The van der Waals surface area contributed by atoms with Gasteiger partial charge in [-0.2, -0.15) is 0 Å². The summed E-state index contributed by atoms with van der Waals surface area (Å²) in [7, 11) is 0. The summed E-state index contributed by atoms with van der Waals surface area (Å²) in [4.78, 5) is 51.8. The molecule has 8 heteroatoms. The number of nitrogens with zero attached hydrogens (tertiary/aromatic N) is 1. The van der Waals surface area contributed by atoms with Gasteiger partial charge in [-0.3, -0.25) is 14.4 Å². The van der Waals surface area contributed by atoms with Crippen LogP contribution >= 0.6 is 0 Å². The zero-order valence-corrected chi connectivity index (χ0v) is 43.6. The van der Waals surface area contributed by atoms with Gasteiger partial charge < -0.3 is 24.5 Å². The van der Waals surface area contributed by atoms with Gasteiger partial charge >= 0.3 is 0 Å². The molecule has 65 heavy (non-hydrogen) atoms. The lowest BCUT2D eigenvalue weighted by molar-refractivity contribution is -0.214. The van der Waals surface area contributed by atoms with E-state index in [9.17, 15) is 19.2 Å². The smallest absolute Gasteiger partial charge is 0.222 e. The SMILES string of the molecule is CCCCCCCCC/C=C\CCCCCCCC(=O)CCCCN(CCCNC(=O)CCCCCCC/C=C\CCCCCCCCC)C(=O)CCCOC(C)(C)OCCCC(C)=O. The molecular formula is C57H106N2O6. The molecule has 8 nitrogen and oxygen atoms in total. The van der Waals surface area contributed by atoms with Crippen molar-refractivity contribution >= 4 is 23.4 Å². The molecule has 0 unspecified atom stereocenters. The predicted molar refractivity (Wildman–Crippen MR) is 276 cm³/mol. The van der Waals surface area contributed by atoms with Crippen molar-refractivity contribution in [1.29, 1.82) is 0 Å². The molecule has 0 aliphatic carbocycles. The highest BCUT2D eigenvalue weighted by Gasteiger charge is 2.20. The van der Waals surface area contributed by atoms with Crippen LogP contribution in [-0.2, 0) is 28.7 Å². The number of carbonyl (C=O) groups is 4. The fourth-order valence-corrected chi connectivity index (χ4v) is 8.18. The summed E-state index contributed by atoms with van der Waals surface area (Å²) in [5, 5.41) is 3.08. The number of Topliss-reactive ketones (excluding diaryl/α,β-unsaturated/α-hetero) is 2. The van der Waals surface area contributed by atoms with Gasteiger partial charge in [-0.25, -0.2) is 0 Å². The first-order chi connectivity index (χ1) is 31.6. The highest BCUT2D eigenvalue weighted by molar-refractivity contribution is 5.78. The number of rotatable bonds is 51. The van der Waals surface area contributed by atoms with Gasteiger partial charge in [0, 0.05) is 51.7 Å². The third kappa shape index (κ3) is 48.0. The summed E-state index contributed by atoms with van der Waals surface area (Å²) in [6.07, 6.45) is 51.0. The number of nitrogens with one attached hydrogen (secondary N) is 1. The van der Waals surface area contributed by atoms with Crippen molar-refractivity contribution in [3.05, 3.63) is 24.3 Å². The first-order valence-corrected chi connectivity index (χ1v) is 27.7. The molecule has 0 fully saturated rings. The molecule has 0 spiro atoms. The predicted octanol–water partition coefficient (Wildman–Crippen LogP) is 15.8. The summed E-state index contributed by atoms with van der Waals surface area (Å²) < 4.78 is 11.8. The molecule has 0 radical (unpaired) electrons. The number of ketones is 2. The monoisotopic (exact) mass is 915 g/mol. The first-order valence-electron chi connectivity index (χ1n) is 27.7. The maximum Gasteiger partial charge on any atom is 0.222 e. The number of allylic oxidation sites excluding steroid dienone is 4. The van der Waals surface area contributed by atoms with Crippen LogP contribution in [0.1, 0.15) is 279 Å². The highest BCUT2D eigenvalue weighted by atomic mass is 16.7. The van der Waals surface area contributed by atoms with E-state index in [4.69, 9.17) is 9.47 Å². The molecule has 0 aliphatic heterocycles. The Kier molecular flexibility index (Phi) is 46.4. The van der Waals surface area contributed by atoms with E-state index in [0.29, 0.717) is 90.0 Å². The van der Waals surface area contributed by atoms with Crippen LogP contribution in [0.5, 0.6) is 0 Å². The minimum Gasteiger partial charge on any atom is -0.356 e. The Bertz CT molecular complexity index is 1100. The third-order valence-electron chi connectivity index (χ3n) is 12.4. The van der Waals surface area contributed by atoms with E-state index in [-0.39, 0.29) is 17.6 Å². The Hall–Kier alpha value is -2.32. The number of amides is 2. The lowest BCUT2D eigenvalue weighted by Gasteiger charge is -2.26. The van der Waals surface area contributed by atoms with Crippen molar-refractivity contribution in [2.45, 2.75) is 284 Å². The quantitative estimate of drug-likeness (QED) is 0.0370. The Morgan fingerprint density at radius 1 is 0.446 bits per heavy atom. The summed E-state index contributed by atoms with van der Waals surface area (Å²) >= 11 is 0. The second-order valence-electron chi connectivity index (χ2n) is 19.5. The van der Waals surface area contributed by atoms with Crippen molar-refractivity contribution in [3.63, 3.8) is 0 Å². The van der Waals surface area contributed by atoms with Crippen LogP contribution in [-0.4, -0.2) is 66.9 Å². The van der Waals surface area contributed by atoms with Crippen LogP contribution in [0.25, 0.3) is 0 Å². The van der Waals surface area contributed by atoms with E-state index in [0.717, 1.165) is 44.9 Å². The molecule has 0 rings (SSSR count). The van der Waals surface area contributed by atoms with Crippen molar-refractivity contribution in [2.24, 2.45) is 0 Å². The highest BCUT2D eigenvalue weighted by Crippen LogP contribution is 2.16. The van der Waals surface area contributed by atoms with Crippen LogP contribution in [0.2, 0.25) is 0 Å². The van der Waals surface area contributed by atoms with Gasteiger partial charge in [0.15, 0.2) is 5.79 Å². The van der Waals surface area contributed by atoms with E-state index >= 15 is 0 Å². The molecule has 1 N–H and O–H groups in total. The van der Waals surface area contributed by atoms with Gasteiger partial charge in [-0.15, -0.1) is 0 Å². The van der Waals surface area contributed by atoms with Crippen molar-refractivity contribution in [1.82, 2.24) is 10.2 Å². The summed E-state index contributed by atoms with van der Waals surface area (Å²) in [5.41, 5.74) is 0. The Morgan fingerprint density at radius 2 is 0.831 bits per heavy atom. The Labute approximate surface area is 402 Å². The summed E-state index contributed by atoms with van der Waals surface area (Å²) in [6.45, 7) is 12.5. The van der Waals surface area contributed by atoms with Gasteiger partial charge in [0.05, 0.1) is 13.2 Å². The molecule has 0 aromatic carbocycles. The van der Waals surface area contributed by atoms with E-state index < -0.39 is 5.79 Å². The van der Waals surface area contributed by atoms with Gasteiger partial charge in [0.25, 0.3) is 0 Å². The Morgan fingerprint density at radius 3 is 1.29 bits per heavy atom. The fraction of sp³-hybridized carbons (Fsp3) is 0.860. The largest absolute Gasteiger partial charge is 0.356 e. The maximum atomic E-state index is 13.4. The standard InChI is InChI=1S/C57H106N2O6/c1-6-8-10-12-14-16-18-20-22-24-26-28-30-32-34-36-44-54(61)45-38-39-49-59(56(63)47-41-52-65-57(4,5)64-51-40-43-53(3)60)50-42-48-58-55(62)46-37-35-33-31-29-27-25-23-21-19-17-15-13-11-9-7-2/h22-25H,6-21,26-52H2,1-5H3,(H,58,62)/b24-22-,25-23-. The summed E-state index contributed by atoms with van der Waals surface area (Å²) in [5.74, 6) is -0.114. The topological polar surface area (TPSA) is 102 Å². The minimum atomic E-state index is -0.780. The molecule has 0 aliphatic rings. The molecule has 0 bridgehead atoms. The first kappa shape index (κ1) is 62.7.